The number of rotatable bonds is 2. The van der Waals surface area contributed by atoms with Gasteiger partial charge in [0, 0.05) is 0 Å². The molecule has 0 N–H and O–H groups in total. The number of carbonyl (C=O) groups excluding carboxylic acids is 2. The summed E-state index contributed by atoms with van der Waals surface area (Å²) in [6, 6.07) is 3.73. The summed E-state index contributed by atoms with van der Waals surface area (Å²) in [6.07, 6.45) is -3.15. The molecule has 0 fully saturated rings. The predicted molar refractivity (Wildman–Crippen MR) is 44.7 cm³/mol. The molecule has 0 unspecified atom stereocenters. The van der Waals surface area contributed by atoms with Gasteiger partial charge >= 0.3 is 0 Å². The molecule has 1 aliphatic carbocycles. The lowest BCUT2D eigenvalue weighted by molar-refractivity contribution is -0.130. The molecule has 1 aromatic heterocycles. The van der Waals surface area contributed by atoms with Gasteiger partial charge in [0.15, 0.2) is 6.67 Å². The molecular formula is C8H5F3O2S. The summed E-state index contributed by atoms with van der Waals surface area (Å²) in [5.74, 6) is -1.41. The zero-order valence-electron chi connectivity index (χ0n) is 6.80. The highest BCUT2D eigenvalue weighted by atomic mass is 32.1. The Labute approximate surface area is 81.4 Å². The Bertz CT molecular complexity index is 331. The van der Waals surface area contributed by atoms with E-state index in [0.29, 0.717) is 0 Å². The van der Waals surface area contributed by atoms with E-state index in [1.165, 1.54) is 0 Å². The normalized spacial score (nSPS) is 11.9. The Kier molecular flexibility index (Phi) is 3.40. The Balaban J connectivity index is 0.000000140. The highest BCUT2D eigenvalue weighted by molar-refractivity contribution is 7.22. The van der Waals surface area contributed by atoms with Crippen molar-refractivity contribution in [3.63, 3.8) is 0 Å². The Morgan fingerprint density at radius 1 is 1.36 bits per heavy atom. The van der Waals surface area contributed by atoms with Gasteiger partial charge in [0.2, 0.25) is 11.6 Å². The second-order valence-corrected chi connectivity index (χ2v) is 3.48. The number of fused-ring (bicyclic) bond motifs is 1. The standard InChI is InChI=1S/C5H2OS.C3H3F3O/c6-5-3-1-2-4(5)7-3;4-1-2(7)3(5)6/h1-2H;3H,1H2. The van der Waals surface area contributed by atoms with E-state index < -0.39 is 18.9 Å². The van der Waals surface area contributed by atoms with E-state index in [-0.39, 0.29) is 5.78 Å². The Morgan fingerprint density at radius 3 is 1.93 bits per heavy atom. The highest BCUT2D eigenvalue weighted by Gasteiger charge is 2.22. The Hall–Kier alpha value is -1.17. The molecule has 6 heteroatoms. The van der Waals surface area contributed by atoms with Gasteiger partial charge in [0.05, 0.1) is 9.75 Å². The van der Waals surface area contributed by atoms with Crippen molar-refractivity contribution in [2.24, 2.45) is 0 Å². The average molecular weight is 222 g/mol. The maximum atomic E-state index is 10.8. The fourth-order valence-electron chi connectivity index (χ4n) is 0.715. The topological polar surface area (TPSA) is 34.1 Å². The lowest BCUT2D eigenvalue weighted by Gasteiger charge is -1.96. The van der Waals surface area contributed by atoms with Gasteiger partial charge in [0.25, 0.3) is 6.43 Å². The number of thiophene rings is 1. The largest absolute Gasteiger partial charge is 0.298 e. The summed E-state index contributed by atoms with van der Waals surface area (Å²) in [5, 5.41) is 0. The van der Waals surface area contributed by atoms with Crippen molar-refractivity contribution < 1.29 is 22.8 Å². The van der Waals surface area contributed by atoms with Crippen molar-refractivity contribution >= 4 is 22.9 Å². The summed E-state index contributed by atoms with van der Waals surface area (Å²) in [5.41, 5.74) is 0. The molecule has 0 spiro atoms. The number of Topliss-reactive ketones (excluding diaryl/α,β-unsaturated/α-hetero) is 1. The van der Waals surface area contributed by atoms with Crippen LogP contribution in [0.15, 0.2) is 12.1 Å². The van der Waals surface area contributed by atoms with Crippen molar-refractivity contribution in [2.45, 2.75) is 6.43 Å². The first kappa shape index (κ1) is 10.9. The van der Waals surface area contributed by atoms with Crippen LogP contribution < -0.4 is 0 Å². The third kappa shape index (κ3) is 2.20. The minimum atomic E-state index is -3.15. The van der Waals surface area contributed by atoms with E-state index in [9.17, 15) is 22.8 Å². The van der Waals surface area contributed by atoms with Crippen LogP contribution in [0.2, 0.25) is 0 Å². The summed E-state index contributed by atoms with van der Waals surface area (Å²) in [4.78, 5) is 21.7. The summed E-state index contributed by atoms with van der Waals surface area (Å²) < 4.78 is 32.5. The van der Waals surface area contributed by atoms with Crippen molar-refractivity contribution in [1.29, 1.82) is 0 Å². The van der Waals surface area contributed by atoms with Crippen LogP contribution in [-0.2, 0) is 4.79 Å². The molecule has 2 bridgehead atoms. The van der Waals surface area contributed by atoms with Crippen molar-refractivity contribution in [3.8, 4) is 0 Å². The van der Waals surface area contributed by atoms with Gasteiger partial charge in [0.1, 0.15) is 0 Å². The number of alkyl halides is 3. The Morgan fingerprint density at radius 2 is 1.86 bits per heavy atom. The molecule has 76 valence electrons. The summed E-state index contributed by atoms with van der Waals surface area (Å²) >= 11 is 1.58. The van der Waals surface area contributed by atoms with Crippen molar-refractivity contribution in [3.05, 3.63) is 21.9 Å². The molecule has 0 saturated carbocycles. The number of hydrogen-bond donors (Lipinski definition) is 0. The van der Waals surface area contributed by atoms with Gasteiger partial charge < -0.3 is 0 Å². The van der Waals surface area contributed by atoms with Gasteiger partial charge in [-0.25, -0.2) is 13.2 Å². The molecule has 1 aliphatic heterocycles. The van der Waals surface area contributed by atoms with Crippen LogP contribution in [0.3, 0.4) is 0 Å². The number of halogens is 3. The summed E-state index contributed by atoms with van der Waals surface area (Å²) in [7, 11) is 0. The maximum Gasteiger partial charge on any atom is 0.298 e. The van der Waals surface area contributed by atoms with Crippen LogP contribution in [-0.4, -0.2) is 24.7 Å². The number of ketones is 2. The van der Waals surface area contributed by atoms with E-state index >= 15 is 0 Å². The van der Waals surface area contributed by atoms with E-state index in [1.54, 1.807) is 11.3 Å². The molecule has 14 heavy (non-hydrogen) atoms. The molecule has 3 rings (SSSR count). The van der Waals surface area contributed by atoms with Gasteiger partial charge in [-0.1, -0.05) is 0 Å². The van der Waals surface area contributed by atoms with Crippen molar-refractivity contribution in [2.75, 3.05) is 6.67 Å². The molecule has 2 heterocycles. The van der Waals surface area contributed by atoms with Crippen LogP contribution in [0.4, 0.5) is 13.2 Å². The molecule has 0 atom stereocenters. The van der Waals surface area contributed by atoms with Crippen LogP contribution in [0.1, 0.15) is 14.5 Å². The fourth-order valence-corrected chi connectivity index (χ4v) is 1.48. The SMILES string of the molecule is O=C(CF)C(F)F.O=C1c2ccc1s2. The maximum absolute atomic E-state index is 10.8. The fraction of sp³-hybridized carbons (Fsp3) is 0.250. The monoisotopic (exact) mass is 222 g/mol. The number of carbonyl (C=O) groups is 2. The van der Waals surface area contributed by atoms with Crippen LogP contribution in [0, 0.1) is 0 Å². The molecular weight excluding hydrogens is 217 g/mol. The van der Waals surface area contributed by atoms with Gasteiger partial charge in [-0.15, -0.1) is 11.3 Å². The summed E-state index contributed by atoms with van der Waals surface area (Å²) in [6.45, 7) is -1.57. The molecule has 1 aromatic rings. The molecule has 0 saturated heterocycles. The predicted octanol–water partition coefficient (Wildman–Crippen LogP) is 2.08. The average Bonchev–Trinajstić information content (AvgIpc) is 2.77. The molecule has 0 amide bonds. The molecule has 0 aromatic carbocycles. The van der Waals surface area contributed by atoms with Gasteiger partial charge in [-0.05, 0) is 12.1 Å². The smallest absolute Gasteiger partial charge is 0.290 e. The minimum absolute atomic E-state index is 0.241. The molecule has 2 nitrogen and oxygen atoms in total. The zero-order valence-corrected chi connectivity index (χ0v) is 7.61. The second-order valence-electron chi connectivity index (χ2n) is 2.39. The lowest BCUT2D eigenvalue weighted by atomic mass is 10.4. The van der Waals surface area contributed by atoms with Crippen LogP contribution in [0.5, 0.6) is 0 Å². The first-order valence-corrected chi connectivity index (χ1v) is 4.39. The van der Waals surface area contributed by atoms with Crippen molar-refractivity contribution in [1.82, 2.24) is 0 Å². The lowest BCUT2D eigenvalue weighted by Crippen LogP contribution is -2.10. The zero-order chi connectivity index (χ0) is 10.7. The first-order chi connectivity index (χ1) is 6.56. The number of hydrogen-bond acceptors (Lipinski definition) is 3. The first-order valence-electron chi connectivity index (χ1n) is 3.57. The molecule has 2 aliphatic rings. The quantitative estimate of drug-likeness (QED) is 0.779. The third-order valence-electron chi connectivity index (χ3n) is 1.43. The minimum Gasteiger partial charge on any atom is -0.290 e. The van der Waals surface area contributed by atoms with Crippen LogP contribution in [0.25, 0.3) is 0 Å². The van der Waals surface area contributed by atoms with E-state index in [0.717, 1.165) is 9.75 Å². The highest BCUT2D eigenvalue weighted by Crippen LogP contribution is 2.30. The van der Waals surface area contributed by atoms with E-state index in [2.05, 4.69) is 0 Å². The third-order valence-corrected chi connectivity index (χ3v) is 2.51. The van der Waals surface area contributed by atoms with E-state index in [4.69, 9.17) is 0 Å². The molecule has 0 radical (unpaired) electrons. The van der Waals surface area contributed by atoms with Crippen LogP contribution >= 0.6 is 11.3 Å². The van der Waals surface area contributed by atoms with Gasteiger partial charge in [-0.3, -0.25) is 9.59 Å². The second kappa shape index (κ2) is 4.36. The van der Waals surface area contributed by atoms with E-state index in [1.807, 2.05) is 12.1 Å². The van der Waals surface area contributed by atoms with Gasteiger partial charge in [-0.2, -0.15) is 0 Å².